The van der Waals surface area contributed by atoms with E-state index in [-0.39, 0.29) is 23.9 Å². The lowest BCUT2D eigenvalue weighted by atomic mass is 9.87. The topological polar surface area (TPSA) is 58.2 Å². The molecule has 1 aromatic carbocycles. The number of nitrogens with one attached hydrogen (secondary N) is 2. The molecule has 126 valence electrons. The van der Waals surface area contributed by atoms with E-state index < -0.39 is 10.0 Å². The summed E-state index contributed by atoms with van der Waals surface area (Å²) in [6.45, 7) is 9.29. The fourth-order valence-corrected chi connectivity index (χ4v) is 3.94. The Kier molecular flexibility index (Phi) is 6.45. The lowest BCUT2D eigenvalue weighted by molar-refractivity contribution is 0.361. The van der Waals surface area contributed by atoms with E-state index in [0.717, 1.165) is 24.9 Å². The van der Waals surface area contributed by atoms with Gasteiger partial charge in [0, 0.05) is 12.1 Å². The Labute approximate surface area is 140 Å². The van der Waals surface area contributed by atoms with Gasteiger partial charge in [-0.15, -0.1) is 12.4 Å². The minimum atomic E-state index is -3.42. The highest BCUT2D eigenvalue weighted by Crippen LogP contribution is 2.23. The van der Waals surface area contributed by atoms with Gasteiger partial charge in [-0.05, 0) is 49.4 Å². The first kappa shape index (κ1) is 19.4. The zero-order valence-electron chi connectivity index (χ0n) is 13.7. The van der Waals surface area contributed by atoms with Crippen LogP contribution < -0.4 is 10.0 Å². The summed E-state index contributed by atoms with van der Waals surface area (Å²) in [6, 6.07) is 7.59. The Bertz CT molecular complexity index is 579. The molecule has 0 saturated carbocycles. The Balaban J connectivity index is 0.00000242. The first-order valence-electron chi connectivity index (χ1n) is 7.55. The molecule has 22 heavy (non-hydrogen) atoms. The molecule has 0 radical (unpaired) electrons. The van der Waals surface area contributed by atoms with Crippen molar-refractivity contribution in [3.05, 3.63) is 29.8 Å². The van der Waals surface area contributed by atoms with Crippen molar-refractivity contribution in [1.29, 1.82) is 0 Å². The van der Waals surface area contributed by atoms with E-state index in [1.165, 1.54) is 0 Å². The van der Waals surface area contributed by atoms with Crippen molar-refractivity contribution in [3.8, 4) is 0 Å². The van der Waals surface area contributed by atoms with Gasteiger partial charge >= 0.3 is 0 Å². The quantitative estimate of drug-likeness (QED) is 0.884. The molecule has 2 N–H and O–H groups in total. The summed E-state index contributed by atoms with van der Waals surface area (Å²) in [7, 11) is -3.42. The average molecular weight is 347 g/mol. The van der Waals surface area contributed by atoms with E-state index in [1.54, 1.807) is 12.1 Å². The predicted molar refractivity (Wildman–Crippen MR) is 93.2 cm³/mol. The molecule has 2 unspecified atom stereocenters. The van der Waals surface area contributed by atoms with Gasteiger partial charge in [0.2, 0.25) is 10.0 Å². The molecule has 1 aromatic rings. The van der Waals surface area contributed by atoms with Gasteiger partial charge in [0.25, 0.3) is 0 Å². The number of benzene rings is 1. The van der Waals surface area contributed by atoms with Gasteiger partial charge in [0.15, 0.2) is 0 Å². The summed E-state index contributed by atoms with van der Waals surface area (Å²) < 4.78 is 27.7. The van der Waals surface area contributed by atoms with Crippen LogP contribution in [-0.2, 0) is 15.4 Å². The minimum Gasteiger partial charge on any atom is -0.314 e. The highest BCUT2D eigenvalue weighted by Gasteiger charge is 2.24. The third-order valence-electron chi connectivity index (χ3n) is 3.98. The summed E-state index contributed by atoms with van der Waals surface area (Å²) in [4.78, 5) is 0.349. The van der Waals surface area contributed by atoms with E-state index >= 15 is 0 Å². The van der Waals surface area contributed by atoms with Crippen molar-refractivity contribution in [3.63, 3.8) is 0 Å². The highest BCUT2D eigenvalue weighted by atomic mass is 35.5. The molecule has 1 saturated heterocycles. The van der Waals surface area contributed by atoms with E-state index in [1.807, 2.05) is 12.1 Å². The van der Waals surface area contributed by atoms with Crippen LogP contribution in [-0.4, -0.2) is 27.0 Å². The maximum absolute atomic E-state index is 12.4. The van der Waals surface area contributed by atoms with Crippen molar-refractivity contribution in [1.82, 2.24) is 10.0 Å². The van der Waals surface area contributed by atoms with Gasteiger partial charge < -0.3 is 5.32 Å². The van der Waals surface area contributed by atoms with Crippen LogP contribution in [0.1, 0.15) is 46.1 Å². The van der Waals surface area contributed by atoms with Crippen molar-refractivity contribution < 1.29 is 8.42 Å². The van der Waals surface area contributed by atoms with Crippen LogP contribution in [0.4, 0.5) is 0 Å². The number of rotatable bonds is 3. The maximum atomic E-state index is 12.4. The van der Waals surface area contributed by atoms with Crippen LogP contribution in [0.25, 0.3) is 0 Å². The molecular formula is C16H27ClN2O2S. The highest BCUT2D eigenvalue weighted by molar-refractivity contribution is 7.89. The van der Waals surface area contributed by atoms with Crippen LogP contribution in [0.3, 0.4) is 0 Å². The van der Waals surface area contributed by atoms with Crippen molar-refractivity contribution in [2.75, 3.05) is 6.54 Å². The van der Waals surface area contributed by atoms with E-state index in [2.05, 4.69) is 37.7 Å². The summed E-state index contributed by atoms with van der Waals surface area (Å²) in [6.07, 6.45) is 1.67. The molecule has 1 aliphatic heterocycles. The molecule has 2 rings (SSSR count). The third kappa shape index (κ3) is 4.95. The van der Waals surface area contributed by atoms with Gasteiger partial charge in [-0.2, -0.15) is 0 Å². The molecule has 4 nitrogen and oxygen atoms in total. The Hall–Kier alpha value is -0.620. The fourth-order valence-electron chi connectivity index (χ4n) is 2.66. The standard InChI is InChI=1S/C16H26N2O2S.ClH/c1-12-11-14(9-10-17-12)18-21(19,20)15-7-5-13(6-8-15)16(2,3)4;/h5-8,12,14,17-18H,9-11H2,1-4H3;1H. The van der Waals surface area contributed by atoms with Crippen molar-refractivity contribution >= 4 is 22.4 Å². The second kappa shape index (κ2) is 7.30. The molecule has 1 heterocycles. The molecule has 0 bridgehead atoms. The van der Waals surface area contributed by atoms with Crippen LogP contribution >= 0.6 is 12.4 Å². The van der Waals surface area contributed by atoms with Crippen LogP contribution in [0.15, 0.2) is 29.2 Å². The van der Waals surface area contributed by atoms with Gasteiger partial charge in [-0.1, -0.05) is 32.9 Å². The Morgan fingerprint density at radius 3 is 2.27 bits per heavy atom. The summed E-state index contributed by atoms with van der Waals surface area (Å²) >= 11 is 0. The number of halogens is 1. The summed E-state index contributed by atoms with van der Waals surface area (Å²) in [5.74, 6) is 0. The minimum absolute atomic E-state index is 0. The van der Waals surface area contributed by atoms with Gasteiger partial charge in [-0.3, -0.25) is 0 Å². The molecule has 1 aliphatic rings. The van der Waals surface area contributed by atoms with Crippen LogP contribution in [0.2, 0.25) is 0 Å². The summed E-state index contributed by atoms with van der Waals surface area (Å²) in [5.41, 5.74) is 1.16. The predicted octanol–water partition coefficient (Wildman–Crippen LogP) is 2.82. The maximum Gasteiger partial charge on any atom is 0.240 e. The van der Waals surface area contributed by atoms with Crippen molar-refractivity contribution in [2.24, 2.45) is 0 Å². The zero-order valence-corrected chi connectivity index (χ0v) is 15.4. The molecule has 2 atom stereocenters. The van der Waals surface area contributed by atoms with E-state index in [4.69, 9.17) is 0 Å². The molecule has 6 heteroatoms. The lowest BCUT2D eigenvalue weighted by Crippen LogP contribution is -2.46. The summed E-state index contributed by atoms with van der Waals surface area (Å²) in [5, 5.41) is 3.33. The Morgan fingerprint density at radius 2 is 1.77 bits per heavy atom. The zero-order chi connectivity index (χ0) is 15.7. The average Bonchev–Trinajstić information content (AvgIpc) is 2.37. The first-order chi connectivity index (χ1) is 9.68. The van der Waals surface area contributed by atoms with Gasteiger partial charge in [0.05, 0.1) is 4.90 Å². The van der Waals surface area contributed by atoms with E-state index in [0.29, 0.717) is 10.9 Å². The number of hydrogen-bond donors (Lipinski definition) is 2. The number of hydrogen-bond acceptors (Lipinski definition) is 3. The smallest absolute Gasteiger partial charge is 0.240 e. The van der Waals surface area contributed by atoms with Crippen LogP contribution in [0, 0.1) is 0 Å². The largest absolute Gasteiger partial charge is 0.314 e. The molecular weight excluding hydrogens is 320 g/mol. The normalized spacial score (nSPS) is 22.9. The molecule has 0 spiro atoms. The van der Waals surface area contributed by atoms with E-state index in [9.17, 15) is 8.42 Å². The van der Waals surface area contributed by atoms with Crippen molar-refractivity contribution in [2.45, 2.75) is 62.9 Å². The van der Waals surface area contributed by atoms with Gasteiger partial charge in [-0.25, -0.2) is 13.1 Å². The number of sulfonamides is 1. The second-order valence-electron chi connectivity index (χ2n) is 6.97. The third-order valence-corrected chi connectivity index (χ3v) is 5.51. The molecule has 0 aliphatic carbocycles. The Morgan fingerprint density at radius 1 is 1.18 bits per heavy atom. The monoisotopic (exact) mass is 346 g/mol. The number of piperidine rings is 1. The van der Waals surface area contributed by atoms with Gasteiger partial charge in [0.1, 0.15) is 0 Å². The van der Waals surface area contributed by atoms with Crippen LogP contribution in [0.5, 0.6) is 0 Å². The lowest BCUT2D eigenvalue weighted by Gasteiger charge is -2.28. The second-order valence-corrected chi connectivity index (χ2v) is 8.69. The fraction of sp³-hybridized carbons (Fsp3) is 0.625. The molecule has 0 amide bonds. The SMILES string of the molecule is CC1CC(NS(=O)(=O)c2ccc(C(C)(C)C)cc2)CCN1.Cl. The first-order valence-corrected chi connectivity index (χ1v) is 9.03. The molecule has 0 aromatic heterocycles. The molecule has 1 fully saturated rings.